The number of nitrogens with one attached hydrogen (secondary N) is 2. The van der Waals surface area contributed by atoms with E-state index in [9.17, 15) is 9.59 Å². The van der Waals surface area contributed by atoms with Crippen LogP contribution in [0.15, 0.2) is 36.5 Å². The normalized spacial score (nSPS) is 19.3. The second kappa shape index (κ2) is 9.17. The predicted octanol–water partition coefficient (Wildman–Crippen LogP) is 1.33. The number of nitrogens with two attached hydrogens (primary N) is 1. The number of anilines is 4. The van der Waals surface area contributed by atoms with Crippen molar-refractivity contribution in [2.45, 2.75) is 18.9 Å². The van der Waals surface area contributed by atoms with Crippen molar-refractivity contribution >= 4 is 35.1 Å². The third kappa shape index (κ3) is 5.02. The number of carbonyl (C=O) groups is 2. The Kier molecular flexibility index (Phi) is 6.17. The number of carbonyl (C=O) groups excluding carboxylic acids is 2. The summed E-state index contributed by atoms with van der Waals surface area (Å²) in [5.41, 5.74) is 7.27. The van der Waals surface area contributed by atoms with Gasteiger partial charge >= 0.3 is 6.03 Å². The molecule has 0 bridgehead atoms. The Balaban J connectivity index is 1.39. The summed E-state index contributed by atoms with van der Waals surface area (Å²) in [7, 11) is 2.12. The van der Waals surface area contributed by atoms with Crippen LogP contribution in [-0.4, -0.2) is 72.6 Å². The molecule has 1 atom stereocenters. The molecule has 2 aromatic rings. The SMILES string of the molecule is CN1CCN(c2cccc(NC(=O)Nc3ccnc(N4CCCC4C(N)=O)n3)c2)CC1. The molecule has 1 unspecified atom stereocenters. The molecule has 0 radical (unpaired) electrons. The number of amides is 3. The molecule has 3 heterocycles. The van der Waals surface area contributed by atoms with Crippen LogP contribution in [0, 0.1) is 0 Å². The molecule has 4 N–H and O–H groups in total. The van der Waals surface area contributed by atoms with Gasteiger partial charge in [0, 0.05) is 50.3 Å². The summed E-state index contributed by atoms with van der Waals surface area (Å²) in [6, 6.07) is 8.61. The van der Waals surface area contributed by atoms with Crippen molar-refractivity contribution < 1.29 is 9.59 Å². The molecule has 2 aliphatic rings. The Hall–Kier alpha value is -3.40. The van der Waals surface area contributed by atoms with Gasteiger partial charge in [-0.1, -0.05) is 6.07 Å². The fourth-order valence-corrected chi connectivity index (χ4v) is 3.98. The molecule has 0 saturated carbocycles. The van der Waals surface area contributed by atoms with Crippen LogP contribution in [0.3, 0.4) is 0 Å². The van der Waals surface area contributed by atoms with Gasteiger partial charge in [0.1, 0.15) is 11.9 Å². The zero-order valence-corrected chi connectivity index (χ0v) is 17.6. The molecular formula is C21H28N8O2. The number of likely N-dealkylation sites (N-methyl/N-ethyl adjacent to an activating group) is 1. The van der Waals surface area contributed by atoms with Crippen LogP contribution in [0.25, 0.3) is 0 Å². The second-order valence-corrected chi connectivity index (χ2v) is 7.92. The van der Waals surface area contributed by atoms with E-state index in [4.69, 9.17) is 5.73 Å². The summed E-state index contributed by atoms with van der Waals surface area (Å²) in [5.74, 6) is 0.349. The molecule has 0 spiro atoms. The highest BCUT2D eigenvalue weighted by atomic mass is 16.2. The van der Waals surface area contributed by atoms with Crippen molar-refractivity contribution in [3.05, 3.63) is 36.5 Å². The minimum Gasteiger partial charge on any atom is -0.369 e. The summed E-state index contributed by atoms with van der Waals surface area (Å²) >= 11 is 0. The summed E-state index contributed by atoms with van der Waals surface area (Å²) < 4.78 is 0. The molecule has 10 nitrogen and oxygen atoms in total. The standard InChI is InChI=1S/C21H28N8O2/c1-27-10-12-28(13-11-27)16-5-2-4-15(14-16)24-21(31)26-18-7-8-23-20(25-18)29-9-3-6-17(29)19(22)30/h2,4-5,7-8,14,17H,3,6,9-13H2,1H3,(H2,22,30)(H2,23,24,25,26,31). The topological polar surface area (TPSA) is 120 Å². The van der Waals surface area contributed by atoms with E-state index in [0.717, 1.165) is 38.3 Å². The van der Waals surface area contributed by atoms with Gasteiger partial charge in [0.05, 0.1) is 0 Å². The van der Waals surface area contributed by atoms with E-state index in [0.29, 0.717) is 30.4 Å². The summed E-state index contributed by atoms with van der Waals surface area (Å²) in [6.07, 6.45) is 3.08. The third-order valence-electron chi connectivity index (χ3n) is 5.70. The maximum absolute atomic E-state index is 12.5. The molecule has 2 saturated heterocycles. The van der Waals surface area contributed by atoms with Crippen molar-refractivity contribution in [1.82, 2.24) is 14.9 Å². The molecule has 1 aromatic carbocycles. The number of urea groups is 1. The lowest BCUT2D eigenvalue weighted by Crippen LogP contribution is -2.44. The molecule has 10 heteroatoms. The van der Waals surface area contributed by atoms with Gasteiger partial charge in [0.25, 0.3) is 0 Å². The first kappa shape index (κ1) is 20.9. The lowest BCUT2D eigenvalue weighted by molar-refractivity contribution is -0.119. The van der Waals surface area contributed by atoms with Gasteiger partial charge in [-0.25, -0.2) is 9.78 Å². The number of hydrogen-bond acceptors (Lipinski definition) is 7. The van der Waals surface area contributed by atoms with Crippen molar-refractivity contribution in [1.29, 1.82) is 0 Å². The predicted molar refractivity (Wildman–Crippen MR) is 120 cm³/mol. The Morgan fingerprint density at radius 2 is 1.90 bits per heavy atom. The fourth-order valence-electron chi connectivity index (χ4n) is 3.98. The van der Waals surface area contributed by atoms with Crippen molar-refractivity contribution in [3.8, 4) is 0 Å². The molecule has 3 amide bonds. The number of primary amides is 1. The minimum absolute atomic E-state index is 0.354. The van der Waals surface area contributed by atoms with Gasteiger partial charge in [0.2, 0.25) is 11.9 Å². The van der Waals surface area contributed by atoms with Gasteiger partial charge in [-0.3, -0.25) is 10.1 Å². The van der Waals surface area contributed by atoms with Crippen LogP contribution < -0.4 is 26.2 Å². The zero-order valence-electron chi connectivity index (χ0n) is 17.6. The van der Waals surface area contributed by atoms with Crippen LogP contribution in [0.5, 0.6) is 0 Å². The largest absolute Gasteiger partial charge is 0.369 e. The highest BCUT2D eigenvalue weighted by molar-refractivity contribution is 5.99. The van der Waals surface area contributed by atoms with E-state index in [-0.39, 0.29) is 0 Å². The van der Waals surface area contributed by atoms with E-state index >= 15 is 0 Å². The first-order valence-corrected chi connectivity index (χ1v) is 10.5. The Bertz CT molecular complexity index is 944. The average molecular weight is 425 g/mol. The minimum atomic E-state index is -0.415. The van der Waals surface area contributed by atoms with Gasteiger partial charge in [0.15, 0.2) is 0 Å². The van der Waals surface area contributed by atoms with E-state index in [2.05, 4.69) is 43.5 Å². The molecule has 2 aliphatic heterocycles. The maximum Gasteiger partial charge on any atom is 0.324 e. The van der Waals surface area contributed by atoms with Crippen LogP contribution in [0.4, 0.5) is 27.9 Å². The van der Waals surface area contributed by atoms with Crippen LogP contribution in [-0.2, 0) is 4.79 Å². The van der Waals surface area contributed by atoms with Crippen molar-refractivity contribution in [2.24, 2.45) is 5.73 Å². The molecule has 31 heavy (non-hydrogen) atoms. The lowest BCUT2D eigenvalue weighted by atomic mass is 10.2. The summed E-state index contributed by atoms with van der Waals surface area (Å²) in [5, 5.41) is 5.60. The van der Waals surface area contributed by atoms with Crippen LogP contribution >= 0.6 is 0 Å². The number of hydrogen-bond donors (Lipinski definition) is 3. The Morgan fingerprint density at radius 1 is 1.10 bits per heavy atom. The molecule has 164 valence electrons. The van der Waals surface area contributed by atoms with E-state index < -0.39 is 18.0 Å². The monoisotopic (exact) mass is 424 g/mol. The molecule has 4 rings (SSSR count). The third-order valence-corrected chi connectivity index (χ3v) is 5.70. The van der Waals surface area contributed by atoms with E-state index in [1.807, 2.05) is 18.2 Å². The Morgan fingerprint density at radius 3 is 2.68 bits per heavy atom. The first-order valence-electron chi connectivity index (χ1n) is 10.5. The smallest absolute Gasteiger partial charge is 0.324 e. The zero-order chi connectivity index (χ0) is 21.8. The number of benzene rings is 1. The highest BCUT2D eigenvalue weighted by Crippen LogP contribution is 2.23. The lowest BCUT2D eigenvalue weighted by Gasteiger charge is -2.34. The van der Waals surface area contributed by atoms with Crippen molar-refractivity contribution in [2.75, 3.05) is 60.2 Å². The molecule has 1 aromatic heterocycles. The van der Waals surface area contributed by atoms with Crippen LogP contribution in [0.1, 0.15) is 12.8 Å². The quantitative estimate of drug-likeness (QED) is 0.662. The van der Waals surface area contributed by atoms with Gasteiger partial charge in [-0.2, -0.15) is 4.98 Å². The Labute approximate surface area is 181 Å². The van der Waals surface area contributed by atoms with Gasteiger partial charge in [-0.05, 0) is 44.2 Å². The second-order valence-electron chi connectivity index (χ2n) is 7.92. The highest BCUT2D eigenvalue weighted by Gasteiger charge is 2.31. The van der Waals surface area contributed by atoms with Gasteiger partial charge < -0.3 is 25.8 Å². The van der Waals surface area contributed by atoms with E-state index in [1.165, 1.54) is 0 Å². The fraction of sp³-hybridized carbons (Fsp3) is 0.429. The maximum atomic E-state index is 12.5. The number of nitrogens with zero attached hydrogens (tertiary/aromatic N) is 5. The molecule has 0 aliphatic carbocycles. The average Bonchev–Trinajstić information content (AvgIpc) is 3.25. The van der Waals surface area contributed by atoms with Crippen molar-refractivity contribution in [3.63, 3.8) is 0 Å². The summed E-state index contributed by atoms with van der Waals surface area (Å²) in [6.45, 7) is 4.60. The van der Waals surface area contributed by atoms with Gasteiger partial charge in [-0.15, -0.1) is 0 Å². The molecule has 2 fully saturated rings. The van der Waals surface area contributed by atoms with Crippen LogP contribution in [0.2, 0.25) is 0 Å². The first-order chi connectivity index (χ1) is 15.0. The number of piperazine rings is 1. The number of rotatable bonds is 5. The summed E-state index contributed by atoms with van der Waals surface area (Å²) in [4.78, 5) is 39.2. The number of aromatic nitrogens is 2. The molecular weight excluding hydrogens is 396 g/mol. The van der Waals surface area contributed by atoms with E-state index in [1.54, 1.807) is 17.2 Å².